The minimum Gasteiger partial charge on any atom is -0.495 e. The first-order valence-electron chi connectivity index (χ1n) is 8.50. The molecule has 0 radical (unpaired) electrons. The summed E-state index contributed by atoms with van der Waals surface area (Å²) in [4.78, 5) is 24.4. The maximum Gasteiger partial charge on any atom is 0.344 e. The van der Waals surface area contributed by atoms with Gasteiger partial charge in [-0.3, -0.25) is 0 Å². The van der Waals surface area contributed by atoms with Crippen LogP contribution in [0.25, 0.3) is 0 Å². The molecule has 2 aromatic rings. The van der Waals surface area contributed by atoms with Crippen molar-refractivity contribution in [2.24, 2.45) is 0 Å². The van der Waals surface area contributed by atoms with Gasteiger partial charge >= 0.3 is 11.9 Å². The van der Waals surface area contributed by atoms with Gasteiger partial charge < -0.3 is 18.6 Å². The third-order valence-electron chi connectivity index (χ3n) is 3.69. The second kappa shape index (κ2) is 9.19. The van der Waals surface area contributed by atoms with Crippen LogP contribution in [0.1, 0.15) is 40.3 Å². The number of anilines is 1. The van der Waals surface area contributed by atoms with E-state index in [4.69, 9.17) is 30.2 Å². The molecule has 2 rings (SSSR count). The van der Waals surface area contributed by atoms with E-state index < -0.39 is 27.8 Å². The lowest BCUT2D eigenvalue weighted by Crippen LogP contribution is -2.18. The average molecular weight is 446 g/mol. The van der Waals surface area contributed by atoms with E-state index in [9.17, 15) is 18.0 Å². The lowest BCUT2D eigenvalue weighted by molar-refractivity contribution is 0.0480. The van der Waals surface area contributed by atoms with Crippen molar-refractivity contribution >= 4 is 39.4 Å². The second-order valence-corrected chi connectivity index (χ2v) is 7.67. The van der Waals surface area contributed by atoms with E-state index in [1.54, 1.807) is 13.8 Å². The topological polar surface area (TPSA) is 121 Å². The predicted octanol–water partition coefficient (Wildman–Crippen LogP) is 3.40. The van der Waals surface area contributed by atoms with Gasteiger partial charge in [-0.15, -0.1) is 0 Å². The van der Waals surface area contributed by atoms with Gasteiger partial charge in [0.15, 0.2) is 0 Å². The van der Waals surface area contributed by atoms with Crippen molar-refractivity contribution in [2.75, 3.05) is 25.0 Å². The Hall–Kier alpha value is -2.72. The minimum absolute atomic E-state index is 0.000365. The zero-order valence-corrected chi connectivity index (χ0v) is 17.8. The summed E-state index contributed by atoms with van der Waals surface area (Å²) in [5.41, 5.74) is -0.603. The van der Waals surface area contributed by atoms with Gasteiger partial charge in [0.05, 0.1) is 20.3 Å². The largest absolute Gasteiger partial charge is 0.495 e. The molecule has 9 nitrogen and oxygen atoms in total. The zero-order chi connectivity index (χ0) is 21.8. The van der Waals surface area contributed by atoms with Gasteiger partial charge in [0.1, 0.15) is 27.5 Å². The number of halogens is 1. The number of nitrogens with one attached hydrogen (secondary N) is 1. The Kier molecular flexibility index (Phi) is 7.15. The van der Waals surface area contributed by atoms with Crippen LogP contribution < -0.4 is 9.46 Å². The molecule has 0 aliphatic rings. The fourth-order valence-corrected chi connectivity index (χ4v) is 3.93. The smallest absolute Gasteiger partial charge is 0.344 e. The number of rotatable bonds is 8. The van der Waals surface area contributed by atoms with Crippen molar-refractivity contribution < 1.29 is 36.6 Å². The molecule has 29 heavy (non-hydrogen) atoms. The van der Waals surface area contributed by atoms with Crippen molar-refractivity contribution in [1.82, 2.24) is 0 Å². The number of hydrogen-bond acceptors (Lipinski definition) is 8. The first kappa shape index (κ1) is 22.6. The number of furan rings is 1. The van der Waals surface area contributed by atoms with E-state index in [0.717, 1.165) is 0 Å². The first-order chi connectivity index (χ1) is 13.7. The molecule has 158 valence electrons. The van der Waals surface area contributed by atoms with Crippen molar-refractivity contribution in [2.45, 2.75) is 25.7 Å². The third kappa shape index (κ3) is 4.83. The lowest BCUT2D eigenvalue weighted by Gasteiger charge is -2.11. The van der Waals surface area contributed by atoms with Crippen LogP contribution in [-0.4, -0.2) is 40.7 Å². The number of hydrogen-bond donors (Lipinski definition) is 1. The number of methoxy groups -OCH3 is 1. The van der Waals surface area contributed by atoms with Crippen molar-refractivity contribution in [3.63, 3.8) is 0 Å². The summed E-state index contributed by atoms with van der Waals surface area (Å²) in [7, 11) is -3.01. The summed E-state index contributed by atoms with van der Waals surface area (Å²) in [6, 6.07) is 4.01. The maximum atomic E-state index is 12.9. The molecule has 1 heterocycles. The molecule has 0 aliphatic heterocycles. The van der Waals surface area contributed by atoms with Gasteiger partial charge in [0.25, 0.3) is 10.0 Å². The van der Waals surface area contributed by atoms with Gasteiger partial charge in [-0.05, 0) is 39.0 Å². The molecule has 0 amide bonds. The van der Waals surface area contributed by atoms with Crippen LogP contribution in [0.15, 0.2) is 27.5 Å². The molecule has 1 aromatic heterocycles. The highest BCUT2D eigenvalue weighted by Gasteiger charge is 2.33. The quantitative estimate of drug-likeness (QED) is 0.613. The number of ether oxygens (including phenoxy) is 3. The van der Waals surface area contributed by atoms with Gasteiger partial charge in [-0.1, -0.05) is 11.6 Å². The highest BCUT2D eigenvalue weighted by molar-refractivity contribution is 7.92. The normalized spacial score (nSPS) is 11.1. The number of esters is 2. The fourth-order valence-electron chi connectivity index (χ4n) is 2.50. The lowest BCUT2D eigenvalue weighted by atomic mass is 10.1. The Morgan fingerprint density at radius 2 is 1.69 bits per heavy atom. The SMILES string of the molecule is CCOC(=O)c1c(C)oc(NS(=O)(=O)c2cc(Cl)ccc2OC)c1C(=O)OCC. The standard InChI is InChI=1S/C18H20ClNO8S/c1-5-26-17(21)14-10(3)28-16(15(14)18(22)27-6-2)20-29(23,24)13-9-11(19)7-8-12(13)25-4/h7-9,20H,5-6H2,1-4H3. The summed E-state index contributed by atoms with van der Waals surface area (Å²) in [6.45, 7) is 4.60. The van der Waals surface area contributed by atoms with E-state index in [1.807, 2.05) is 0 Å². The van der Waals surface area contributed by atoms with Crippen LogP contribution in [0.3, 0.4) is 0 Å². The second-order valence-electron chi connectivity index (χ2n) is 5.58. The summed E-state index contributed by atoms with van der Waals surface area (Å²) in [6.07, 6.45) is 0. The zero-order valence-electron chi connectivity index (χ0n) is 16.2. The molecule has 0 unspecified atom stereocenters. The molecule has 0 aliphatic carbocycles. The molecule has 1 aromatic carbocycles. The molecule has 0 saturated carbocycles. The monoisotopic (exact) mass is 445 g/mol. The number of benzene rings is 1. The van der Waals surface area contributed by atoms with Crippen LogP contribution in [0.4, 0.5) is 5.88 Å². The minimum atomic E-state index is -4.30. The highest BCUT2D eigenvalue weighted by atomic mass is 35.5. The Morgan fingerprint density at radius 1 is 1.10 bits per heavy atom. The van der Waals surface area contributed by atoms with Crippen molar-refractivity contribution in [1.29, 1.82) is 0 Å². The molecule has 0 bridgehead atoms. The van der Waals surface area contributed by atoms with E-state index in [0.29, 0.717) is 0 Å². The molecule has 0 saturated heterocycles. The molecule has 0 fully saturated rings. The first-order valence-corrected chi connectivity index (χ1v) is 10.4. The van der Waals surface area contributed by atoms with E-state index in [2.05, 4.69) is 4.72 Å². The molecule has 1 N–H and O–H groups in total. The molecular weight excluding hydrogens is 426 g/mol. The number of carbonyl (C=O) groups excluding carboxylic acids is 2. The Morgan fingerprint density at radius 3 is 2.24 bits per heavy atom. The van der Waals surface area contributed by atoms with Crippen LogP contribution in [0, 0.1) is 6.92 Å². The number of aryl methyl sites for hydroxylation is 1. The van der Waals surface area contributed by atoms with Gasteiger partial charge in [0.2, 0.25) is 5.88 Å². The van der Waals surface area contributed by atoms with Gasteiger partial charge in [-0.25, -0.2) is 22.7 Å². The third-order valence-corrected chi connectivity index (χ3v) is 5.27. The Labute approximate surface area is 172 Å². The number of carbonyl (C=O) groups is 2. The highest BCUT2D eigenvalue weighted by Crippen LogP contribution is 2.33. The fraction of sp³-hybridized carbons (Fsp3) is 0.333. The molecule has 0 spiro atoms. The predicted molar refractivity (Wildman–Crippen MR) is 104 cm³/mol. The summed E-state index contributed by atoms with van der Waals surface area (Å²) in [5, 5.41) is 0.152. The van der Waals surface area contributed by atoms with E-state index in [-0.39, 0.29) is 45.8 Å². The van der Waals surface area contributed by atoms with E-state index in [1.165, 1.54) is 32.2 Å². The molecular formula is C18H20ClNO8S. The molecule has 0 atom stereocenters. The van der Waals surface area contributed by atoms with Gasteiger partial charge in [0, 0.05) is 5.02 Å². The summed E-state index contributed by atoms with van der Waals surface area (Å²) in [5.74, 6) is -2.26. The maximum absolute atomic E-state index is 12.9. The Balaban J connectivity index is 2.60. The van der Waals surface area contributed by atoms with Crippen LogP contribution in [-0.2, 0) is 19.5 Å². The van der Waals surface area contributed by atoms with Crippen molar-refractivity contribution in [3.8, 4) is 5.75 Å². The van der Waals surface area contributed by atoms with Crippen molar-refractivity contribution in [3.05, 3.63) is 40.1 Å². The Bertz CT molecular complexity index is 1030. The van der Waals surface area contributed by atoms with Crippen LogP contribution in [0.2, 0.25) is 5.02 Å². The number of sulfonamides is 1. The molecule has 11 heteroatoms. The summed E-state index contributed by atoms with van der Waals surface area (Å²) >= 11 is 5.90. The van der Waals surface area contributed by atoms with Crippen LogP contribution >= 0.6 is 11.6 Å². The summed E-state index contributed by atoms with van der Waals surface area (Å²) < 4.78 is 48.3. The van der Waals surface area contributed by atoms with E-state index >= 15 is 0 Å². The van der Waals surface area contributed by atoms with Gasteiger partial charge in [-0.2, -0.15) is 0 Å². The average Bonchev–Trinajstić information content (AvgIpc) is 2.97. The van der Waals surface area contributed by atoms with Crippen LogP contribution in [0.5, 0.6) is 5.75 Å².